The predicted octanol–water partition coefficient (Wildman–Crippen LogP) is 1.64. The third kappa shape index (κ3) is 5.21. The largest absolute Gasteiger partial charge is 1.00 e. The standard InChI is InChI=1S/C22H34NO2S.HI/c1-22(17-8-5-6-9-17,18-10-7-11-20(16-18)26-4)21(24)25-19-12-14-23(2,3)15-13-19;/h7,10-11,16-17,19H,5-6,8-9,12-15H2,1-4H3;1H/q+1;/p-1. The molecule has 0 radical (unpaired) electrons. The van der Waals surface area contributed by atoms with Crippen LogP contribution in [0.4, 0.5) is 0 Å². The van der Waals surface area contributed by atoms with Gasteiger partial charge in [0, 0.05) is 17.7 Å². The van der Waals surface area contributed by atoms with E-state index in [2.05, 4.69) is 51.5 Å². The summed E-state index contributed by atoms with van der Waals surface area (Å²) in [5.41, 5.74) is 0.609. The van der Waals surface area contributed by atoms with Gasteiger partial charge < -0.3 is 33.2 Å². The van der Waals surface area contributed by atoms with Crippen molar-refractivity contribution in [2.45, 2.75) is 61.9 Å². The number of ether oxygens (including phenoxy) is 1. The summed E-state index contributed by atoms with van der Waals surface area (Å²) in [5.74, 6) is 0.391. The molecule has 3 nitrogen and oxygen atoms in total. The zero-order valence-electron chi connectivity index (χ0n) is 17.2. The van der Waals surface area contributed by atoms with E-state index in [4.69, 9.17) is 4.74 Å². The zero-order chi connectivity index (χ0) is 18.8. The molecule has 152 valence electrons. The number of nitrogens with zero attached hydrogens (tertiary/aromatic N) is 1. The highest BCUT2D eigenvalue weighted by atomic mass is 127. The molecule has 2 aliphatic rings. The SMILES string of the molecule is CSc1cccc(C(C)(C(=O)OC2CC[N+](C)(C)CC2)C2CCCC2)c1.[I-]. The number of piperidine rings is 1. The van der Waals surface area contributed by atoms with Gasteiger partial charge in [0.05, 0.1) is 32.6 Å². The molecule has 1 aliphatic heterocycles. The van der Waals surface area contributed by atoms with Crippen molar-refractivity contribution in [1.82, 2.24) is 0 Å². The van der Waals surface area contributed by atoms with Gasteiger partial charge in [-0.05, 0) is 49.6 Å². The van der Waals surface area contributed by atoms with Crippen molar-refractivity contribution >= 4 is 17.7 Å². The van der Waals surface area contributed by atoms with Crippen LogP contribution in [-0.2, 0) is 14.9 Å². The van der Waals surface area contributed by atoms with Crippen molar-refractivity contribution in [1.29, 1.82) is 0 Å². The van der Waals surface area contributed by atoms with Crippen molar-refractivity contribution in [2.24, 2.45) is 5.92 Å². The summed E-state index contributed by atoms with van der Waals surface area (Å²) in [6.07, 6.45) is 8.84. The molecule has 5 heteroatoms. The molecule has 1 aromatic carbocycles. The Morgan fingerprint density at radius 3 is 2.37 bits per heavy atom. The van der Waals surface area contributed by atoms with E-state index < -0.39 is 5.41 Å². The minimum Gasteiger partial charge on any atom is -1.00 e. The number of thioether (sulfide) groups is 1. The first-order valence-electron chi connectivity index (χ1n) is 10.0. The fourth-order valence-corrected chi connectivity index (χ4v) is 5.06. The van der Waals surface area contributed by atoms with Crippen LogP contribution < -0.4 is 24.0 Å². The van der Waals surface area contributed by atoms with E-state index in [0.717, 1.165) is 48.8 Å². The molecule has 1 unspecified atom stereocenters. The van der Waals surface area contributed by atoms with Crippen LogP contribution in [0.1, 0.15) is 51.0 Å². The molecule has 1 saturated carbocycles. The lowest BCUT2D eigenvalue weighted by Gasteiger charge is -2.39. The second-order valence-corrected chi connectivity index (χ2v) is 9.78. The third-order valence-electron chi connectivity index (χ3n) is 6.65. The summed E-state index contributed by atoms with van der Waals surface area (Å²) < 4.78 is 7.17. The molecule has 1 saturated heterocycles. The summed E-state index contributed by atoms with van der Waals surface area (Å²) in [4.78, 5) is 14.7. The first kappa shape index (κ1) is 23.0. The average Bonchev–Trinajstić information content (AvgIpc) is 3.18. The second kappa shape index (κ2) is 9.49. The molecule has 1 heterocycles. The average molecular weight is 503 g/mol. The van der Waals surface area contributed by atoms with E-state index >= 15 is 0 Å². The quantitative estimate of drug-likeness (QED) is 0.265. The highest BCUT2D eigenvalue weighted by molar-refractivity contribution is 7.98. The van der Waals surface area contributed by atoms with Crippen LogP contribution in [0.2, 0.25) is 0 Å². The summed E-state index contributed by atoms with van der Waals surface area (Å²) in [6, 6.07) is 8.53. The van der Waals surface area contributed by atoms with Crippen molar-refractivity contribution in [2.75, 3.05) is 33.4 Å². The van der Waals surface area contributed by atoms with E-state index in [1.165, 1.54) is 17.7 Å². The minimum absolute atomic E-state index is 0. The number of carbonyl (C=O) groups is 1. The molecular formula is C22H34INO2S. The fourth-order valence-electron chi connectivity index (χ4n) is 4.60. The van der Waals surface area contributed by atoms with Crippen LogP contribution in [-0.4, -0.2) is 50.0 Å². The fraction of sp³-hybridized carbons (Fsp3) is 0.682. The monoisotopic (exact) mass is 503 g/mol. The molecule has 0 bridgehead atoms. The summed E-state index contributed by atoms with van der Waals surface area (Å²) in [5, 5.41) is 0. The molecule has 1 aromatic rings. The first-order valence-corrected chi connectivity index (χ1v) is 11.3. The highest BCUT2D eigenvalue weighted by Gasteiger charge is 2.46. The number of halogens is 1. The van der Waals surface area contributed by atoms with E-state index in [1.54, 1.807) is 11.8 Å². The maximum atomic E-state index is 13.4. The van der Waals surface area contributed by atoms with Crippen LogP contribution >= 0.6 is 11.8 Å². The minimum atomic E-state index is -0.524. The van der Waals surface area contributed by atoms with E-state index in [-0.39, 0.29) is 36.0 Å². The molecule has 27 heavy (non-hydrogen) atoms. The van der Waals surface area contributed by atoms with Gasteiger partial charge in [0.25, 0.3) is 0 Å². The van der Waals surface area contributed by atoms with Crippen molar-refractivity contribution in [3.63, 3.8) is 0 Å². The lowest BCUT2D eigenvalue weighted by atomic mass is 9.71. The Bertz CT molecular complexity index is 635. The summed E-state index contributed by atoms with van der Waals surface area (Å²) >= 11 is 1.73. The Balaban J connectivity index is 0.00000261. The van der Waals surface area contributed by atoms with Crippen LogP contribution in [0.5, 0.6) is 0 Å². The van der Waals surface area contributed by atoms with Gasteiger partial charge in [-0.15, -0.1) is 11.8 Å². The Hall–Kier alpha value is -0.270. The van der Waals surface area contributed by atoms with Gasteiger partial charge in [-0.2, -0.15) is 0 Å². The number of quaternary nitrogens is 1. The van der Waals surface area contributed by atoms with Crippen molar-refractivity contribution in [3.8, 4) is 0 Å². The van der Waals surface area contributed by atoms with Crippen LogP contribution in [0.15, 0.2) is 29.2 Å². The lowest BCUT2D eigenvalue weighted by Crippen LogP contribution is -3.00. The lowest BCUT2D eigenvalue weighted by molar-refractivity contribution is -0.896. The smallest absolute Gasteiger partial charge is 0.316 e. The number of hydrogen-bond donors (Lipinski definition) is 0. The molecule has 1 atom stereocenters. The normalized spacial score (nSPS) is 22.7. The highest BCUT2D eigenvalue weighted by Crippen LogP contribution is 2.44. The zero-order valence-corrected chi connectivity index (χ0v) is 20.1. The van der Waals surface area contributed by atoms with Crippen molar-refractivity contribution < 1.29 is 38.0 Å². The Labute approximate surface area is 186 Å². The number of likely N-dealkylation sites (tertiary alicyclic amines) is 1. The first-order chi connectivity index (χ1) is 12.3. The molecule has 3 rings (SSSR count). The van der Waals surface area contributed by atoms with Gasteiger partial charge in [-0.3, -0.25) is 4.79 Å². The molecule has 2 fully saturated rings. The molecule has 1 aliphatic carbocycles. The molecule has 0 spiro atoms. The Kier molecular flexibility index (Phi) is 8.08. The molecule has 0 N–H and O–H groups in total. The van der Waals surface area contributed by atoms with Gasteiger partial charge >= 0.3 is 5.97 Å². The van der Waals surface area contributed by atoms with Crippen LogP contribution in [0.25, 0.3) is 0 Å². The Morgan fingerprint density at radius 1 is 1.15 bits per heavy atom. The van der Waals surface area contributed by atoms with Crippen LogP contribution in [0.3, 0.4) is 0 Å². The number of esters is 1. The predicted molar refractivity (Wildman–Crippen MR) is 108 cm³/mol. The van der Waals surface area contributed by atoms with Gasteiger partial charge in [0.15, 0.2) is 0 Å². The van der Waals surface area contributed by atoms with Gasteiger partial charge in [0.2, 0.25) is 0 Å². The molecule has 0 aromatic heterocycles. The van der Waals surface area contributed by atoms with Crippen molar-refractivity contribution in [3.05, 3.63) is 29.8 Å². The maximum Gasteiger partial charge on any atom is 0.316 e. The number of rotatable bonds is 5. The number of benzene rings is 1. The summed E-state index contributed by atoms with van der Waals surface area (Å²) in [7, 11) is 4.52. The van der Waals surface area contributed by atoms with Gasteiger partial charge in [0.1, 0.15) is 6.10 Å². The Morgan fingerprint density at radius 2 is 1.78 bits per heavy atom. The molecular weight excluding hydrogens is 469 g/mol. The van der Waals surface area contributed by atoms with Crippen LogP contribution in [0, 0.1) is 5.92 Å². The molecule has 0 amide bonds. The maximum absolute atomic E-state index is 13.4. The van der Waals surface area contributed by atoms with E-state index in [9.17, 15) is 4.79 Å². The topological polar surface area (TPSA) is 26.3 Å². The second-order valence-electron chi connectivity index (χ2n) is 8.90. The number of hydrogen-bond acceptors (Lipinski definition) is 3. The van der Waals surface area contributed by atoms with E-state index in [0.29, 0.717) is 5.92 Å². The van der Waals surface area contributed by atoms with E-state index in [1.807, 2.05) is 0 Å². The number of carbonyl (C=O) groups excluding carboxylic acids is 1. The third-order valence-corrected chi connectivity index (χ3v) is 7.38. The summed E-state index contributed by atoms with van der Waals surface area (Å²) in [6.45, 7) is 4.30. The van der Waals surface area contributed by atoms with Gasteiger partial charge in [-0.25, -0.2) is 0 Å². The van der Waals surface area contributed by atoms with Gasteiger partial charge in [-0.1, -0.05) is 25.0 Å².